The number of aryl methyl sites for hydroxylation is 2. The summed E-state index contributed by atoms with van der Waals surface area (Å²) in [7, 11) is 0. The molecule has 1 aromatic carbocycles. The topological polar surface area (TPSA) is 70.7 Å². The van der Waals surface area contributed by atoms with Crippen molar-refractivity contribution in [3.63, 3.8) is 0 Å². The number of nitrogens with zero attached hydrogens (tertiary/aromatic N) is 2. The summed E-state index contributed by atoms with van der Waals surface area (Å²) < 4.78 is 13.1. The average molecular weight is 352 g/mol. The van der Waals surface area contributed by atoms with Crippen LogP contribution in [0.1, 0.15) is 30.5 Å². The van der Waals surface area contributed by atoms with Crippen LogP contribution in [-0.4, -0.2) is 21.1 Å². The third-order valence-electron chi connectivity index (χ3n) is 4.18. The van der Waals surface area contributed by atoms with Crippen molar-refractivity contribution in [2.45, 2.75) is 32.6 Å². The summed E-state index contributed by atoms with van der Waals surface area (Å²) in [6, 6.07) is 10.1. The van der Waals surface area contributed by atoms with Crippen molar-refractivity contribution in [1.29, 1.82) is 0 Å². The molecule has 0 fully saturated rings. The number of amides is 1. The van der Waals surface area contributed by atoms with E-state index in [2.05, 4.69) is 20.5 Å². The number of rotatable bonds is 7. The van der Waals surface area contributed by atoms with Crippen molar-refractivity contribution in [2.24, 2.45) is 0 Å². The van der Waals surface area contributed by atoms with Crippen LogP contribution in [0.15, 0.2) is 48.8 Å². The van der Waals surface area contributed by atoms with E-state index < -0.39 is 0 Å². The molecule has 0 saturated heterocycles. The standard InChI is InChI=1S/C20H21FN4O/c1-14-19(16-8-10-17(21)11-9-16)20(25-24-14)23-18(26)7-3-2-5-15-6-4-12-22-13-15/h4,6,8-13H,2-3,5,7H2,1H3,(H2,23,24,25,26). The summed E-state index contributed by atoms with van der Waals surface area (Å²) in [6.45, 7) is 1.87. The molecule has 134 valence electrons. The molecule has 0 atom stereocenters. The van der Waals surface area contributed by atoms with Crippen LogP contribution < -0.4 is 5.32 Å². The Morgan fingerprint density at radius 1 is 1.19 bits per heavy atom. The molecule has 5 nitrogen and oxygen atoms in total. The van der Waals surface area contributed by atoms with Crippen molar-refractivity contribution < 1.29 is 9.18 Å². The molecule has 0 saturated carbocycles. The highest BCUT2D eigenvalue weighted by molar-refractivity contribution is 5.94. The third kappa shape index (κ3) is 4.53. The Morgan fingerprint density at radius 3 is 2.73 bits per heavy atom. The molecule has 0 aliphatic rings. The number of halogens is 1. The lowest BCUT2D eigenvalue weighted by atomic mass is 10.1. The summed E-state index contributed by atoms with van der Waals surface area (Å²) in [5, 5.41) is 9.91. The fourth-order valence-electron chi connectivity index (χ4n) is 2.84. The zero-order valence-corrected chi connectivity index (χ0v) is 14.6. The second-order valence-corrected chi connectivity index (χ2v) is 6.20. The molecule has 3 aromatic rings. The second kappa shape index (κ2) is 8.38. The highest BCUT2D eigenvalue weighted by Crippen LogP contribution is 2.29. The van der Waals surface area contributed by atoms with E-state index in [-0.39, 0.29) is 11.7 Å². The summed E-state index contributed by atoms with van der Waals surface area (Å²) >= 11 is 0. The molecular formula is C20H21FN4O. The Morgan fingerprint density at radius 2 is 2.00 bits per heavy atom. The van der Waals surface area contributed by atoms with Crippen molar-refractivity contribution in [3.05, 3.63) is 65.9 Å². The van der Waals surface area contributed by atoms with Crippen LogP contribution in [0.4, 0.5) is 10.2 Å². The van der Waals surface area contributed by atoms with Gasteiger partial charge in [0.25, 0.3) is 0 Å². The molecule has 3 rings (SSSR count). The van der Waals surface area contributed by atoms with Crippen LogP contribution in [0.2, 0.25) is 0 Å². The van der Waals surface area contributed by atoms with Crippen molar-refractivity contribution >= 4 is 11.7 Å². The molecule has 0 radical (unpaired) electrons. The molecule has 0 aliphatic heterocycles. The van der Waals surface area contributed by atoms with Gasteiger partial charge < -0.3 is 5.32 Å². The van der Waals surface area contributed by atoms with Crippen molar-refractivity contribution in [1.82, 2.24) is 15.2 Å². The number of aromatic amines is 1. The van der Waals surface area contributed by atoms with E-state index in [1.54, 1.807) is 18.3 Å². The van der Waals surface area contributed by atoms with E-state index in [9.17, 15) is 9.18 Å². The van der Waals surface area contributed by atoms with Gasteiger partial charge in [-0.2, -0.15) is 5.10 Å². The van der Waals surface area contributed by atoms with E-state index in [0.29, 0.717) is 12.2 Å². The van der Waals surface area contributed by atoms with Crippen molar-refractivity contribution in [3.8, 4) is 11.1 Å². The molecule has 0 spiro atoms. The minimum atomic E-state index is -0.297. The van der Waals surface area contributed by atoms with E-state index >= 15 is 0 Å². The molecule has 0 aliphatic carbocycles. The molecule has 6 heteroatoms. The Kier molecular flexibility index (Phi) is 5.73. The number of nitrogens with one attached hydrogen (secondary N) is 2. The van der Waals surface area contributed by atoms with Gasteiger partial charge in [0.2, 0.25) is 5.91 Å². The molecule has 2 N–H and O–H groups in total. The summed E-state index contributed by atoms with van der Waals surface area (Å²) in [4.78, 5) is 16.3. The molecule has 1 amide bonds. The molecular weight excluding hydrogens is 331 g/mol. The number of unbranched alkanes of at least 4 members (excludes halogenated alkanes) is 1. The fourth-order valence-corrected chi connectivity index (χ4v) is 2.84. The fraction of sp³-hybridized carbons (Fsp3) is 0.250. The maximum Gasteiger partial charge on any atom is 0.225 e. The first-order chi connectivity index (χ1) is 12.6. The molecule has 2 aromatic heterocycles. The van der Waals surface area contributed by atoms with Crippen LogP contribution in [0, 0.1) is 12.7 Å². The maximum atomic E-state index is 13.1. The Balaban J connectivity index is 1.55. The van der Waals surface area contributed by atoms with Crippen LogP contribution >= 0.6 is 0 Å². The predicted octanol–water partition coefficient (Wildman–Crippen LogP) is 4.27. The number of carbonyl (C=O) groups excluding carboxylic acids is 1. The van der Waals surface area contributed by atoms with E-state index in [0.717, 1.165) is 36.1 Å². The van der Waals surface area contributed by atoms with E-state index in [1.165, 1.54) is 17.7 Å². The lowest BCUT2D eigenvalue weighted by molar-refractivity contribution is -0.116. The van der Waals surface area contributed by atoms with E-state index in [4.69, 9.17) is 0 Å². The van der Waals surface area contributed by atoms with Crippen LogP contribution in [0.25, 0.3) is 11.1 Å². The number of anilines is 1. The number of pyridine rings is 1. The highest BCUT2D eigenvalue weighted by Gasteiger charge is 2.15. The zero-order chi connectivity index (χ0) is 18.4. The number of benzene rings is 1. The monoisotopic (exact) mass is 352 g/mol. The van der Waals surface area contributed by atoms with Gasteiger partial charge in [-0.25, -0.2) is 4.39 Å². The number of aromatic nitrogens is 3. The third-order valence-corrected chi connectivity index (χ3v) is 4.18. The highest BCUT2D eigenvalue weighted by atomic mass is 19.1. The Hall–Kier alpha value is -3.02. The molecule has 0 unspecified atom stereocenters. The molecule has 26 heavy (non-hydrogen) atoms. The first-order valence-corrected chi connectivity index (χ1v) is 8.63. The lowest BCUT2D eigenvalue weighted by Crippen LogP contribution is -2.12. The van der Waals surface area contributed by atoms with Crippen LogP contribution in [0.5, 0.6) is 0 Å². The van der Waals surface area contributed by atoms with Gasteiger partial charge in [0, 0.05) is 30.1 Å². The van der Waals surface area contributed by atoms with Gasteiger partial charge in [-0.3, -0.25) is 14.9 Å². The average Bonchev–Trinajstić information content (AvgIpc) is 3.01. The van der Waals surface area contributed by atoms with Gasteiger partial charge in [-0.1, -0.05) is 18.2 Å². The van der Waals surface area contributed by atoms with Crippen LogP contribution in [0.3, 0.4) is 0 Å². The van der Waals surface area contributed by atoms with Crippen LogP contribution in [-0.2, 0) is 11.2 Å². The number of hydrogen-bond donors (Lipinski definition) is 2. The first-order valence-electron chi connectivity index (χ1n) is 8.63. The lowest BCUT2D eigenvalue weighted by Gasteiger charge is -2.07. The number of H-pyrrole nitrogens is 1. The summed E-state index contributed by atoms with van der Waals surface area (Å²) in [5.74, 6) is 0.103. The molecule has 0 bridgehead atoms. The van der Waals surface area contributed by atoms with Gasteiger partial charge in [0.15, 0.2) is 5.82 Å². The van der Waals surface area contributed by atoms with E-state index in [1.807, 2.05) is 25.3 Å². The number of hydrogen-bond acceptors (Lipinski definition) is 3. The SMILES string of the molecule is Cc1[nH]nc(NC(=O)CCCCc2cccnc2)c1-c1ccc(F)cc1. The normalized spacial score (nSPS) is 10.7. The van der Waals surface area contributed by atoms with Crippen molar-refractivity contribution in [2.75, 3.05) is 5.32 Å². The minimum Gasteiger partial charge on any atom is -0.309 e. The summed E-state index contributed by atoms with van der Waals surface area (Å²) in [5.41, 5.74) is 3.59. The van der Waals surface area contributed by atoms with Gasteiger partial charge >= 0.3 is 0 Å². The summed E-state index contributed by atoms with van der Waals surface area (Å²) in [6.07, 6.45) is 6.64. The Labute approximate surface area is 151 Å². The quantitative estimate of drug-likeness (QED) is 0.624. The van der Waals surface area contributed by atoms with Gasteiger partial charge in [0.1, 0.15) is 5.82 Å². The maximum absolute atomic E-state index is 13.1. The van der Waals surface area contributed by atoms with Gasteiger partial charge in [-0.05, 0) is 55.5 Å². The largest absolute Gasteiger partial charge is 0.309 e. The molecule has 2 heterocycles. The Bertz CT molecular complexity index is 859. The van der Waals surface area contributed by atoms with Gasteiger partial charge in [0.05, 0.1) is 0 Å². The number of carbonyl (C=O) groups is 1. The smallest absolute Gasteiger partial charge is 0.225 e. The second-order valence-electron chi connectivity index (χ2n) is 6.20. The predicted molar refractivity (Wildman–Crippen MR) is 99.1 cm³/mol. The minimum absolute atomic E-state index is 0.0777. The van der Waals surface area contributed by atoms with Gasteiger partial charge in [-0.15, -0.1) is 0 Å². The first kappa shape index (κ1) is 17.8. The zero-order valence-electron chi connectivity index (χ0n) is 14.6.